The maximum atomic E-state index is 12.2. The summed E-state index contributed by atoms with van der Waals surface area (Å²) in [6.45, 7) is 0. The summed E-state index contributed by atoms with van der Waals surface area (Å²) in [7, 11) is -1.18. The van der Waals surface area contributed by atoms with E-state index in [0.717, 1.165) is 9.35 Å². The first-order valence-corrected chi connectivity index (χ1v) is 8.10. The first kappa shape index (κ1) is 13.1. The van der Waals surface area contributed by atoms with Gasteiger partial charge in [-0.2, -0.15) is 0 Å². The average Bonchev–Trinajstić information content (AvgIpc) is 2.68. The average molecular weight is 351 g/mol. The predicted octanol–water partition coefficient (Wildman–Crippen LogP) is 4.05. The summed E-state index contributed by atoms with van der Waals surface area (Å²) in [6.07, 6.45) is 0. The highest BCUT2D eigenvalue weighted by Gasteiger charge is 2.12. The van der Waals surface area contributed by atoms with Crippen molar-refractivity contribution < 1.29 is 4.21 Å². The van der Waals surface area contributed by atoms with Gasteiger partial charge in [-0.25, -0.2) is 0 Å². The minimum atomic E-state index is -1.18. The maximum absolute atomic E-state index is 12.2. The molecule has 0 aliphatic rings. The topological polar surface area (TPSA) is 43.1 Å². The predicted molar refractivity (Wildman–Crippen MR) is 78.0 cm³/mol. The van der Waals surface area contributed by atoms with Gasteiger partial charge in [0.2, 0.25) is 0 Å². The summed E-state index contributed by atoms with van der Waals surface area (Å²) in [5.41, 5.74) is 6.24. The van der Waals surface area contributed by atoms with Crippen LogP contribution >= 0.6 is 38.9 Å². The number of thiophene rings is 1. The Labute approximate surface area is 119 Å². The van der Waals surface area contributed by atoms with Crippen molar-refractivity contribution in [1.29, 1.82) is 0 Å². The molecule has 0 aliphatic heterocycles. The molecule has 0 fully saturated rings. The fraction of sp³-hybridized carbons (Fsp3) is 0.0909. The number of anilines is 1. The zero-order valence-electron chi connectivity index (χ0n) is 8.65. The van der Waals surface area contributed by atoms with Crippen LogP contribution in [0.15, 0.2) is 39.0 Å². The van der Waals surface area contributed by atoms with Crippen LogP contribution in [0.3, 0.4) is 0 Å². The lowest BCUT2D eigenvalue weighted by molar-refractivity contribution is 0.683. The molecule has 0 aliphatic carbocycles. The summed E-state index contributed by atoms with van der Waals surface area (Å²) >= 11 is 11.0. The lowest BCUT2D eigenvalue weighted by atomic mass is 10.3. The quantitative estimate of drug-likeness (QED) is 0.848. The number of rotatable bonds is 3. The fourth-order valence-electron chi connectivity index (χ4n) is 1.32. The molecule has 2 aromatic rings. The van der Waals surface area contributed by atoms with Crippen molar-refractivity contribution in [2.24, 2.45) is 0 Å². The minimum Gasteiger partial charge on any atom is -0.399 e. The van der Waals surface area contributed by atoms with Gasteiger partial charge in [-0.3, -0.25) is 4.21 Å². The van der Waals surface area contributed by atoms with Gasteiger partial charge < -0.3 is 5.73 Å². The number of nitrogen functional groups attached to an aromatic ring is 1. The molecule has 2 rings (SSSR count). The van der Waals surface area contributed by atoms with E-state index in [1.165, 1.54) is 0 Å². The molecule has 0 bridgehead atoms. The van der Waals surface area contributed by atoms with E-state index in [1.54, 1.807) is 29.5 Å². The van der Waals surface area contributed by atoms with Crippen molar-refractivity contribution in [1.82, 2.24) is 0 Å². The van der Waals surface area contributed by atoms with Crippen LogP contribution in [-0.4, -0.2) is 4.21 Å². The normalized spacial score (nSPS) is 12.6. The van der Waals surface area contributed by atoms with Crippen LogP contribution in [0.1, 0.15) is 4.88 Å². The van der Waals surface area contributed by atoms with Crippen molar-refractivity contribution in [3.63, 3.8) is 0 Å². The Balaban J connectivity index is 2.26. The van der Waals surface area contributed by atoms with E-state index in [9.17, 15) is 4.21 Å². The van der Waals surface area contributed by atoms with Crippen molar-refractivity contribution >= 4 is 55.4 Å². The van der Waals surface area contributed by atoms with Crippen LogP contribution in [0.4, 0.5) is 5.69 Å². The Kier molecular flexibility index (Phi) is 4.25. The van der Waals surface area contributed by atoms with E-state index in [2.05, 4.69) is 15.9 Å². The van der Waals surface area contributed by atoms with E-state index in [-0.39, 0.29) is 0 Å². The van der Waals surface area contributed by atoms with Crippen molar-refractivity contribution in [2.45, 2.75) is 10.6 Å². The second kappa shape index (κ2) is 5.52. The Morgan fingerprint density at radius 3 is 2.82 bits per heavy atom. The van der Waals surface area contributed by atoms with E-state index in [0.29, 0.717) is 21.4 Å². The molecule has 0 amide bonds. The Morgan fingerprint density at radius 1 is 1.41 bits per heavy atom. The second-order valence-corrected chi connectivity index (χ2v) is 7.05. The van der Waals surface area contributed by atoms with Gasteiger partial charge in [0.25, 0.3) is 0 Å². The summed E-state index contributed by atoms with van der Waals surface area (Å²) in [5, 5.41) is 2.45. The molecule has 0 radical (unpaired) electrons. The van der Waals surface area contributed by atoms with Gasteiger partial charge in [0.1, 0.15) is 0 Å². The lowest BCUT2D eigenvalue weighted by Gasteiger charge is -2.05. The van der Waals surface area contributed by atoms with Gasteiger partial charge in [0.05, 0.1) is 26.5 Å². The van der Waals surface area contributed by atoms with Gasteiger partial charge in [-0.15, -0.1) is 11.3 Å². The highest BCUT2D eigenvalue weighted by molar-refractivity contribution is 9.10. The van der Waals surface area contributed by atoms with Crippen LogP contribution in [0.25, 0.3) is 0 Å². The molecule has 1 atom stereocenters. The summed E-state index contributed by atoms with van der Waals surface area (Å²) < 4.78 is 13.2. The molecule has 6 heteroatoms. The van der Waals surface area contributed by atoms with Crippen molar-refractivity contribution in [3.05, 3.63) is 44.0 Å². The van der Waals surface area contributed by atoms with E-state index in [1.807, 2.05) is 11.4 Å². The largest absolute Gasteiger partial charge is 0.399 e. The van der Waals surface area contributed by atoms with Gasteiger partial charge in [0.15, 0.2) is 0 Å². The van der Waals surface area contributed by atoms with E-state index < -0.39 is 10.8 Å². The van der Waals surface area contributed by atoms with Gasteiger partial charge in [0, 0.05) is 15.0 Å². The highest BCUT2D eigenvalue weighted by Crippen LogP contribution is 2.28. The zero-order valence-corrected chi connectivity index (χ0v) is 12.6. The van der Waals surface area contributed by atoms with Gasteiger partial charge in [-0.1, -0.05) is 11.6 Å². The summed E-state index contributed by atoms with van der Waals surface area (Å²) in [6, 6.07) is 6.98. The lowest BCUT2D eigenvalue weighted by Crippen LogP contribution is -1.97. The molecule has 1 aromatic heterocycles. The second-order valence-electron chi connectivity index (χ2n) is 3.37. The molecular weight excluding hydrogens is 342 g/mol. The number of halogens is 2. The number of nitrogens with two attached hydrogens (primary N) is 1. The smallest absolute Gasteiger partial charge is 0.0638 e. The summed E-state index contributed by atoms with van der Waals surface area (Å²) in [4.78, 5) is 1.63. The number of hydrogen-bond acceptors (Lipinski definition) is 3. The molecular formula is C11H9BrClNOS2. The van der Waals surface area contributed by atoms with Crippen molar-refractivity contribution in [2.75, 3.05) is 5.73 Å². The molecule has 17 heavy (non-hydrogen) atoms. The molecule has 0 saturated carbocycles. The molecule has 0 saturated heterocycles. The molecule has 1 heterocycles. The molecule has 90 valence electrons. The first-order valence-electron chi connectivity index (χ1n) is 4.73. The zero-order chi connectivity index (χ0) is 12.4. The first-order chi connectivity index (χ1) is 8.08. The number of hydrogen-bond donors (Lipinski definition) is 1. The van der Waals surface area contributed by atoms with Crippen LogP contribution in [0.2, 0.25) is 5.02 Å². The molecule has 0 spiro atoms. The Bertz CT molecular complexity index is 570. The molecule has 1 aromatic carbocycles. The van der Waals surface area contributed by atoms with E-state index >= 15 is 0 Å². The fourth-order valence-corrected chi connectivity index (χ4v) is 4.85. The standard InChI is InChI=1S/C11H9BrClNOS2/c12-8-3-4-16-10(8)6-17(15)11-5-7(14)1-2-9(11)13/h1-5H,6,14H2. The monoisotopic (exact) mass is 349 g/mol. The third kappa shape index (κ3) is 3.10. The van der Waals surface area contributed by atoms with Crippen LogP contribution in [0.5, 0.6) is 0 Å². The summed E-state index contributed by atoms with van der Waals surface area (Å²) in [5.74, 6) is 0.446. The number of benzene rings is 1. The minimum absolute atomic E-state index is 0.446. The van der Waals surface area contributed by atoms with E-state index in [4.69, 9.17) is 17.3 Å². The Hall–Kier alpha value is -0.360. The Morgan fingerprint density at radius 2 is 2.18 bits per heavy atom. The van der Waals surface area contributed by atoms with Crippen LogP contribution < -0.4 is 5.73 Å². The van der Waals surface area contributed by atoms with Crippen LogP contribution in [0, 0.1) is 0 Å². The molecule has 2 N–H and O–H groups in total. The molecule has 1 unspecified atom stereocenters. The SMILES string of the molecule is Nc1ccc(Cl)c(S(=O)Cc2sccc2Br)c1. The maximum Gasteiger partial charge on any atom is 0.0638 e. The van der Waals surface area contributed by atoms with Crippen molar-refractivity contribution in [3.8, 4) is 0 Å². The molecule has 2 nitrogen and oxygen atoms in total. The van der Waals surface area contributed by atoms with Gasteiger partial charge in [-0.05, 0) is 45.6 Å². The van der Waals surface area contributed by atoms with Gasteiger partial charge >= 0.3 is 0 Å². The third-order valence-electron chi connectivity index (χ3n) is 2.15. The third-order valence-corrected chi connectivity index (χ3v) is 6.08. The van der Waals surface area contributed by atoms with Crippen LogP contribution in [-0.2, 0) is 16.6 Å². The highest BCUT2D eigenvalue weighted by atomic mass is 79.9.